The summed E-state index contributed by atoms with van der Waals surface area (Å²) in [5, 5.41) is 8.82. The van der Waals surface area contributed by atoms with Crippen molar-refractivity contribution in [3.05, 3.63) is 57.8 Å². The Balaban J connectivity index is 1.62. The summed E-state index contributed by atoms with van der Waals surface area (Å²) in [6.07, 6.45) is 3.95. The number of nitrogens with one attached hydrogen (secondary N) is 1. The van der Waals surface area contributed by atoms with Crippen LogP contribution >= 0.6 is 0 Å². The number of hydrogen-bond acceptors (Lipinski definition) is 4. The summed E-state index contributed by atoms with van der Waals surface area (Å²) in [6.45, 7) is 0.619. The molecule has 0 spiro atoms. The van der Waals surface area contributed by atoms with E-state index in [4.69, 9.17) is 10.8 Å². The van der Waals surface area contributed by atoms with Crippen molar-refractivity contribution in [2.24, 2.45) is 0 Å². The largest absolute Gasteiger partial charge is 0.478 e. The van der Waals surface area contributed by atoms with E-state index in [2.05, 4.69) is 9.97 Å². The van der Waals surface area contributed by atoms with Crippen molar-refractivity contribution >= 4 is 23.0 Å². The molecule has 0 saturated heterocycles. The van der Waals surface area contributed by atoms with E-state index < -0.39 is 11.8 Å². The van der Waals surface area contributed by atoms with Crippen LogP contribution in [0.25, 0.3) is 11.0 Å². The number of halogens is 1. The van der Waals surface area contributed by atoms with Crippen LogP contribution in [0, 0.1) is 5.82 Å². The predicted octanol–water partition coefficient (Wildman–Crippen LogP) is 2.17. The van der Waals surface area contributed by atoms with Crippen LogP contribution < -0.4 is 11.3 Å². The third kappa shape index (κ3) is 3.52. The molecule has 4 N–H and O–H groups in total. The number of benzene rings is 1. The number of hydrogen-bond donors (Lipinski definition) is 3. The standard InChI is InChI=1S/C17H17FN4O3/c18-12-9-10(4-5-11(12)16(24)25)3-1-2-7-22-8-6-13-14(22)15(23)21-17(19)20-13/h4-6,8-9H,1-3,7H2,(H,24,25)(H3,19,20,21,23). The number of unbranched alkanes of at least 4 members (excludes halogenated alkanes) is 1. The van der Waals surface area contributed by atoms with Crippen LogP contribution in [-0.2, 0) is 13.0 Å². The molecule has 1 aromatic carbocycles. The summed E-state index contributed by atoms with van der Waals surface area (Å²) in [6, 6.07) is 5.89. The van der Waals surface area contributed by atoms with Crippen molar-refractivity contribution < 1.29 is 14.3 Å². The van der Waals surface area contributed by atoms with Crippen LogP contribution in [0.2, 0.25) is 0 Å². The number of anilines is 1. The monoisotopic (exact) mass is 344 g/mol. The Morgan fingerprint density at radius 2 is 2.12 bits per heavy atom. The van der Waals surface area contributed by atoms with Crippen LogP contribution in [0.4, 0.5) is 10.3 Å². The van der Waals surface area contributed by atoms with Gasteiger partial charge in [-0.05, 0) is 43.0 Å². The van der Waals surface area contributed by atoms with Gasteiger partial charge in [-0.25, -0.2) is 14.2 Å². The lowest BCUT2D eigenvalue weighted by atomic mass is 10.1. The molecule has 7 nitrogen and oxygen atoms in total. The molecule has 0 aliphatic heterocycles. The molecule has 0 radical (unpaired) electrons. The molecule has 0 amide bonds. The normalized spacial score (nSPS) is 11.1. The maximum Gasteiger partial charge on any atom is 0.338 e. The first-order valence-corrected chi connectivity index (χ1v) is 7.82. The lowest BCUT2D eigenvalue weighted by Crippen LogP contribution is -2.14. The lowest BCUT2D eigenvalue weighted by Gasteiger charge is -2.06. The van der Waals surface area contributed by atoms with E-state index in [0.717, 1.165) is 18.4 Å². The van der Waals surface area contributed by atoms with E-state index >= 15 is 0 Å². The van der Waals surface area contributed by atoms with Crippen molar-refractivity contribution in [3.63, 3.8) is 0 Å². The molecule has 2 aromatic heterocycles. The number of aromatic nitrogens is 3. The van der Waals surface area contributed by atoms with Crippen LogP contribution in [0.15, 0.2) is 35.3 Å². The van der Waals surface area contributed by atoms with E-state index in [-0.39, 0.29) is 17.1 Å². The number of carbonyl (C=O) groups is 1. The molecule has 130 valence electrons. The molecule has 0 bridgehead atoms. The molecule has 0 saturated carbocycles. The van der Waals surface area contributed by atoms with Crippen LogP contribution in [0.1, 0.15) is 28.8 Å². The molecule has 8 heteroatoms. The van der Waals surface area contributed by atoms with E-state index in [0.29, 0.717) is 24.0 Å². The van der Waals surface area contributed by atoms with Gasteiger partial charge in [-0.2, -0.15) is 0 Å². The fraction of sp³-hybridized carbons (Fsp3) is 0.235. The van der Waals surface area contributed by atoms with Gasteiger partial charge in [-0.3, -0.25) is 9.78 Å². The Kier molecular flexibility index (Phi) is 4.51. The lowest BCUT2D eigenvalue weighted by molar-refractivity contribution is 0.0692. The summed E-state index contributed by atoms with van der Waals surface area (Å²) in [5.74, 6) is -1.92. The number of carboxylic acid groups (broad SMARTS) is 1. The minimum atomic E-state index is -1.27. The second-order valence-electron chi connectivity index (χ2n) is 5.77. The molecule has 25 heavy (non-hydrogen) atoms. The van der Waals surface area contributed by atoms with E-state index in [1.807, 2.05) is 4.57 Å². The van der Waals surface area contributed by atoms with Gasteiger partial charge in [-0.1, -0.05) is 6.07 Å². The molecule has 2 heterocycles. The van der Waals surface area contributed by atoms with Gasteiger partial charge in [-0.15, -0.1) is 0 Å². The Morgan fingerprint density at radius 1 is 1.32 bits per heavy atom. The molecule has 3 rings (SSSR count). The molecule has 3 aromatic rings. The number of nitrogens with zero attached hydrogens (tertiary/aromatic N) is 2. The zero-order valence-electron chi connectivity index (χ0n) is 13.3. The van der Waals surface area contributed by atoms with E-state index in [1.54, 1.807) is 18.3 Å². The minimum Gasteiger partial charge on any atom is -0.478 e. The summed E-state index contributed by atoms with van der Waals surface area (Å²) >= 11 is 0. The molecule has 0 unspecified atom stereocenters. The first-order chi connectivity index (χ1) is 12.0. The molecule has 0 atom stereocenters. The zero-order valence-corrected chi connectivity index (χ0v) is 13.3. The Labute approximate surface area is 141 Å². The number of rotatable bonds is 6. The minimum absolute atomic E-state index is 0.0853. The van der Waals surface area contributed by atoms with Gasteiger partial charge in [0, 0.05) is 12.7 Å². The van der Waals surface area contributed by atoms with Crippen molar-refractivity contribution in [2.75, 3.05) is 5.73 Å². The van der Waals surface area contributed by atoms with Crippen LogP contribution in [0.3, 0.4) is 0 Å². The highest BCUT2D eigenvalue weighted by Crippen LogP contribution is 2.14. The number of aromatic amines is 1. The number of nitrogens with two attached hydrogens (primary N) is 1. The maximum atomic E-state index is 13.6. The number of carboxylic acids is 1. The molecular formula is C17H17FN4O3. The average Bonchev–Trinajstić information content (AvgIpc) is 2.94. The third-order valence-corrected chi connectivity index (χ3v) is 4.02. The molecule has 0 aliphatic carbocycles. The smallest absolute Gasteiger partial charge is 0.338 e. The van der Waals surface area contributed by atoms with Crippen molar-refractivity contribution in [1.29, 1.82) is 0 Å². The fourth-order valence-electron chi connectivity index (χ4n) is 2.82. The topological polar surface area (TPSA) is 114 Å². The van der Waals surface area contributed by atoms with Gasteiger partial charge in [0.1, 0.15) is 11.3 Å². The van der Waals surface area contributed by atoms with Gasteiger partial charge < -0.3 is 15.4 Å². The molecular weight excluding hydrogens is 327 g/mol. The van der Waals surface area contributed by atoms with Gasteiger partial charge in [0.25, 0.3) is 5.56 Å². The van der Waals surface area contributed by atoms with Gasteiger partial charge in [0.15, 0.2) is 0 Å². The molecule has 0 aliphatic rings. The highest BCUT2D eigenvalue weighted by atomic mass is 19.1. The number of fused-ring (bicyclic) bond motifs is 1. The Morgan fingerprint density at radius 3 is 2.84 bits per heavy atom. The van der Waals surface area contributed by atoms with E-state index in [9.17, 15) is 14.0 Å². The highest BCUT2D eigenvalue weighted by molar-refractivity contribution is 5.87. The number of aryl methyl sites for hydroxylation is 2. The Bertz CT molecular complexity index is 993. The summed E-state index contributed by atoms with van der Waals surface area (Å²) in [5.41, 5.74) is 6.68. The number of aromatic carboxylic acids is 1. The van der Waals surface area contributed by atoms with Crippen LogP contribution in [0.5, 0.6) is 0 Å². The van der Waals surface area contributed by atoms with Gasteiger partial charge >= 0.3 is 5.97 Å². The fourth-order valence-corrected chi connectivity index (χ4v) is 2.82. The van der Waals surface area contributed by atoms with Crippen molar-refractivity contribution in [2.45, 2.75) is 25.8 Å². The van der Waals surface area contributed by atoms with Crippen molar-refractivity contribution in [1.82, 2.24) is 14.5 Å². The number of H-pyrrole nitrogens is 1. The first-order valence-electron chi connectivity index (χ1n) is 7.82. The SMILES string of the molecule is Nc1nc2ccn(CCCCc3ccc(C(=O)O)c(F)c3)c2c(=O)[nH]1. The zero-order chi connectivity index (χ0) is 18.0. The average molecular weight is 344 g/mol. The van der Waals surface area contributed by atoms with Crippen LogP contribution in [-0.4, -0.2) is 25.6 Å². The third-order valence-electron chi connectivity index (χ3n) is 4.02. The summed E-state index contributed by atoms with van der Waals surface area (Å²) in [4.78, 5) is 29.3. The first kappa shape index (κ1) is 16.7. The maximum absolute atomic E-state index is 13.6. The summed E-state index contributed by atoms with van der Waals surface area (Å²) < 4.78 is 15.5. The molecule has 0 fully saturated rings. The second kappa shape index (κ2) is 6.76. The van der Waals surface area contributed by atoms with Gasteiger partial charge in [0.05, 0.1) is 11.1 Å². The summed E-state index contributed by atoms with van der Waals surface area (Å²) in [7, 11) is 0. The number of nitrogen functional groups attached to an aromatic ring is 1. The second-order valence-corrected chi connectivity index (χ2v) is 5.77. The van der Waals surface area contributed by atoms with E-state index in [1.165, 1.54) is 12.1 Å². The Hall–Kier alpha value is -3.16. The highest BCUT2D eigenvalue weighted by Gasteiger charge is 2.11. The quantitative estimate of drug-likeness (QED) is 0.593. The van der Waals surface area contributed by atoms with Gasteiger partial charge in [0.2, 0.25) is 5.95 Å². The van der Waals surface area contributed by atoms with Crippen molar-refractivity contribution in [3.8, 4) is 0 Å². The predicted molar refractivity (Wildman–Crippen MR) is 91.1 cm³/mol.